The van der Waals surface area contributed by atoms with Gasteiger partial charge in [0.25, 0.3) is 0 Å². The summed E-state index contributed by atoms with van der Waals surface area (Å²) in [7, 11) is -3.10. The normalized spacial score (nSPS) is 20.7. The zero-order valence-electron chi connectivity index (χ0n) is 11.0. The van der Waals surface area contributed by atoms with Crippen molar-refractivity contribution < 1.29 is 18.3 Å². The molecule has 0 spiro atoms. The van der Waals surface area contributed by atoms with E-state index in [0.717, 1.165) is 10.2 Å². The van der Waals surface area contributed by atoms with Crippen LogP contribution in [0, 0.1) is 0 Å². The number of rotatable bonds is 4. The van der Waals surface area contributed by atoms with Gasteiger partial charge in [0.15, 0.2) is 15.7 Å². The first kappa shape index (κ1) is 14.2. The SMILES string of the molecule is O=C(O)CN(c1ncnc2ccsc12)C1CCS(=O)(=O)C1. The summed E-state index contributed by atoms with van der Waals surface area (Å²) in [6.07, 6.45) is 1.80. The number of aromatic nitrogens is 2. The van der Waals surface area contributed by atoms with Crippen LogP contribution in [0.2, 0.25) is 0 Å². The van der Waals surface area contributed by atoms with Gasteiger partial charge in [-0.2, -0.15) is 0 Å². The van der Waals surface area contributed by atoms with Crippen LogP contribution in [0.25, 0.3) is 10.2 Å². The van der Waals surface area contributed by atoms with Crippen LogP contribution in [0.4, 0.5) is 5.82 Å². The van der Waals surface area contributed by atoms with E-state index in [2.05, 4.69) is 9.97 Å². The second-order valence-corrected chi connectivity index (χ2v) is 8.06. The second kappa shape index (κ2) is 5.23. The molecule has 112 valence electrons. The molecule has 3 rings (SSSR count). The maximum Gasteiger partial charge on any atom is 0.323 e. The van der Waals surface area contributed by atoms with Crippen molar-refractivity contribution >= 4 is 43.2 Å². The van der Waals surface area contributed by atoms with Gasteiger partial charge in [-0.25, -0.2) is 18.4 Å². The average molecular weight is 327 g/mol. The van der Waals surface area contributed by atoms with Crippen molar-refractivity contribution in [1.82, 2.24) is 9.97 Å². The smallest absolute Gasteiger partial charge is 0.323 e. The summed E-state index contributed by atoms with van der Waals surface area (Å²) < 4.78 is 24.1. The highest BCUT2D eigenvalue weighted by atomic mass is 32.2. The molecular weight excluding hydrogens is 314 g/mol. The summed E-state index contributed by atoms with van der Waals surface area (Å²) in [5, 5.41) is 11.0. The summed E-state index contributed by atoms with van der Waals surface area (Å²) >= 11 is 1.42. The molecule has 7 nitrogen and oxygen atoms in total. The van der Waals surface area contributed by atoms with Crippen LogP contribution in [-0.2, 0) is 14.6 Å². The molecule has 1 atom stereocenters. The Balaban J connectivity index is 2.03. The van der Waals surface area contributed by atoms with Crippen molar-refractivity contribution in [2.45, 2.75) is 12.5 Å². The minimum atomic E-state index is -3.10. The van der Waals surface area contributed by atoms with E-state index in [-0.39, 0.29) is 24.1 Å². The molecule has 0 saturated carbocycles. The first-order chi connectivity index (χ1) is 9.96. The number of carbonyl (C=O) groups is 1. The van der Waals surface area contributed by atoms with E-state index < -0.39 is 15.8 Å². The van der Waals surface area contributed by atoms with E-state index in [1.165, 1.54) is 17.7 Å². The Hall–Kier alpha value is -1.74. The Labute approximate surface area is 125 Å². The predicted octanol–water partition coefficient (Wildman–Crippen LogP) is 0.769. The summed E-state index contributed by atoms with van der Waals surface area (Å²) in [6.45, 7) is -0.274. The Morgan fingerprint density at radius 1 is 1.48 bits per heavy atom. The molecule has 0 bridgehead atoms. The van der Waals surface area contributed by atoms with Gasteiger partial charge >= 0.3 is 5.97 Å². The highest BCUT2D eigenvalue weighted by Crippen LogP contribution is 2.31. The fourth-order valence-corrected chi connectivity index (χ4v) is 5.10. The fourth-order valence-electron chi connectivity index (χ4n) is 2.52. The number of carboxylic acid groups (broad SMARTS) is 1. The fraction of sp³-hybridized carbons (Fsp3) is 0.417. The maximum absolute atomic E-state index is 11.7. The van der Waals surface area contributed by atoms with Crippen LogP contribution in [0.1, 0.15) is 6.42 Å². The van der Waals surface area contributed by atoms with E-state index in [1.54, 1.807) is 4.90 Å². The topological polar surface area (TPSA) is 100 Å². The number of fused-ring (bicyclic) bond motifs is 1. The van der Waals surface area contributed by atoms with Gasteiger partial charge in [-0.3, -0.25) is 4.79 Å². The molecule has 2 aromatic heterocycles. The van der Waals surface area contributed by atoms with Crippen LogP contribution < -0.4 is 4.90 Å². The van der Waals surface area contributed by atoms with Crippen molar-refractivity contribution in [2.24, 2.45) is 0 Å². The molecule has 3 heterocycles. The van der Waals surface area contributed by atoms with Crippen molar-refractivity contribution in [1.29, 1.82) is 0 Å². The highest BCUT2D eigenvalue weighted by Gasteiger charge is 2.34. The Bertz CT molecular complexity index is 787. The molecule has 1 aliphatic rings. The van der Waals surface area contributed by atoms with Gasteiger partial charge < -0.3 is 10.0 Å². The number of hydrogen-bond acceptors (Lipinski definition) is 7. The Kier molecular flexibility index (Phi) is 3.54. The van der Waals surface area contributed by atoms with Crippen molar-refractivity contribution in [3.8, 4) is 0 Å². The lowest BCUT2D eigenvalue weighted by molar-refractivity contribution is -0.135. The van der Waals surface area contributed by atoms with E-state index in [0.29, 0.717) is 12.2 Å². The number of hydrogen-bond donors (Lipinski definition) is 1. The maximum atomic E-state index is 11.7. The molecule has 21 heavy (non-hydrogen) atoms. The molecule has 9 heteroatoms. The van der Waals surface area contributed by atoms with Crippen molar-refractivity contribution in [3.05, 3.63) is 17.8 Å². The lowest BCUT2D eigenvalue weighted by atomic mass is 10.2. The number of sulfone groups is 1. The molecule has 0 aromatic carbocycles. The predicted molar refractivity (Wildman–Crippen MR) is 79.5 cm³/mol. The standard InChI is InChI=1S/C12H13N3O4S2/c16-10(17)5-15(8-2-4-21(18,19)6-8)12-11-9(1-3-20-11)13-7-14-12/h1,3,7-8H,2,4-6H2,(H,16,17). The minimum Gasteiger partial charge on any atom is -0.480 e. The summed E-state index contributed by atoms with van der Waals surface area (Å²) in [4.78, 5) is 21.0. The zero-order valence-corrected chi connectivity index (χ0v) is 12.6. The summed E-state index contributed by atoms with van der Waals surface area (Å²) in [6, 6.07) is 1.47. The van der Waals surface area contributed by atoms with E-state index >= 15 is 0 Å². The number of aliphatic carboxylic acids is 1. The number of anilines is 1. The van der Waals surface area contributed by atoms with Crippen LogP contribution in [0.3, 0.4) is 0 Å². The summed E-state index contributed by atoms with van der Waals surface area (Å²) in [5.41, 5.74) is 0.737. The number of nitrogens with zero attached hydrogens (tertiary/aromatic N) is 3. The average Bonchev–Trinajstić information content (AvgIpc) is 3.01. The van der Waals surface area contributed by atoms with Gasteiger partial charge in [0.2, 0.25) is 0 Å². The van der Waals surface area contributed by atoms with Crippen LogP contribution in [-0.4, -0.2) is 53.6 Å². The highest BCUT2D eigenvalue weighted by molar-refractivity contribution is 7.91. The minimum absolute atomic E-state index is 0.0306. The number of carboxylic acids is 1. The van der Waals surface area contributed by atoms with Crippen LogP contribution in [0.5, 0.6) is 0 Å². The van der Waals surface area contributed by atoms with E-state index in [4.69, 9.17) is 5.11 Å². The molecule has 1 aliphatic heterocycles. The third-order valence-corrected chi connectivity index (χ3v) is 6.10. The first-order valence-electron chi connectivity index (χ1n) is 6.33. The molecule has 1 unspecified atom stereocenters. The van der Waals surface area contributed by atoms with Gasteiger partial charge in [0.1, 0.15) is 12.9 Å². The first-order valence-corrected chi connectivity index (χ1v) is 9.03. The number of thiophene rings is 1. The Morgan fingerprint density at radius 2 is 2.29 bits per heavy atom. The van der Waals surface area contributed by atoms with Crippen molar-refractivity contribution in [3.63, 3.8) is 0 Å². The third kappa shape index (κ3) is 2.84. The van der Waals surface area contributed by atoms with Gasteiger partial charge in [0.05, 0.1) is 21.7 Å². The zero-order chi connectivity index (χ0) is 15.0. The van der Waals surface area contributed by atoms with Gasteiger partial charge in [0, 0.05) is 6.04 Å². The molecule has 2 aromatic rings. The molecule has 0 aliphatic carbocycles. The second-order valence-electron chi connectivity index (χ2n) is 4.91. The third-order valence-electron chi connectivity index (χ3n) is 3.45. The lowest BCUT2D eigenvalue weighted by Gasteiger charge is -2.27. The summed E-state index contributed by atoms with van der Waals surface area (Å²) in [5.74, 6) is -0.453. The lowest BCUT2D eigenvalue weighted by Crippen LogP contribution is -2.40. The van der Waals surface area contributed by atoms with Crippen LogP contribution in [0.15, 0.2) is 17.8 Å². The van der Waals surface area contributed by atoms with Crippen molar-refractivity contribution in [2.75, 3.05) is 23.0 Å². The Morgan fingerprint density at radius 3 is 2.95 bits per heavy atom. The largest absolute Gasteiger partial charge is 0.480 e. The molecule has 1 saturated heterocycles. The monoisotopic (exact) mass is 327 g/mol. The quantitative estimate of drug-likeness (QED) is 0.885. The van der Waals surface area contributed by atoms with E-state index in [1.807, 2.05) is 11.4 Å². The van der Waals surface area contributed by atoms with E-state index in [9.17, 15) is 13.2 Å². The molecule has 0 amide bonds. The molecule has 1 N–H and O–H groups in total. The molecule has 0 radical (unpaired) electrons. The van der Waals surface area contributed by atoms with Gasteiger partial charge in [-0.15, -0.1) is 11.3 Å². The molecular formula is C12H13N3O4S2. The van der Waals surface area contributed by atoms with Crippen LogP contribution >= 0.6 is 11.3 Å². The molecule has 1 fully saturated rings. The van der Waals surface area contributed by atoms with Gasteiger partial charge in [-0.1, -0.05) is 0 Å². The van der Waals surface area contributed by atoms with Gasteiger partial charge in [-0.05, 0) is 17.9 Å².